The Balaban J connectivity index is 1.62. The average Bonchev–Trinajstić information content (AvgIpc) is 3.36. The molecule has 4 rings (SSSR count). The second kappa shape index (κ2) is 6.64. The molecule has 0 aliphatic rings. The summed E-state index contributed by atoms with van der Waals surface area (Å²) in [6.45, 7) is 1.90. The number of carbonyl (C=O) groups excluding carboxylic acids is 1. The predicted octanol–water partition coefficient (Wildman–Crippen LogP) is 3.01. The summed E-state index contributed by atoms with van der Waals surface area (Å²) in [6, 6.07) is 14.9. The number of para-hydroxylation sites is 2. The maximum atomic E-state index is 12.8. The Morgan fingerprint density at radius 2 is 1.92 bits per heavy atom. The highest BCUT2D eigenvalue weighted by molar-refractivity contribution is 6.06. The van der Waals surface area contributed by atoms with Gasteiger partial charge in [-0.1, -0.05) is 12.1 Å². The van der Waals surface area contributed by atoms with E-state index in [1.165, 1.54) is 6.33 Å². The largest absolute Gasteiger partial charge is 0.320 e. The summed E-state index contributed by atoms with van der Waals surface area (Å²) in [6.07, 6.45) is 6.63. The molecule has 0 fully saturated rings. The fourth-order valence-electron chi connectivity index (χ4n) is 2.77. The van der Waals surface area contributed by atoms with Crippen LogP contribution in [0.15, 0.2) is 73.6 Å². The van der Waals surface area contributed by atoms with Crippen molar-refractivity contribution in [2.45, 2.75) is 6.92 Å². The molecule has 4 aromatic rings. The van der Waals surface area contributed by atoms with Gasteiger partial charge in [-0.3, -0.25) is 4.79 Å². The number of nitrogens with one attached hydrogen (secondary N) is 1. The molecule has 2 heterocycles. The van der Waals surface area contributed by atoms with Crippen molar-refractivity contribution in [3.05, 3.63) is 84.7 Å². The van der Waals surface area contributed by atoms with Crippen molar-refractivity contribution >= 4 is 11.6 Å². The lowest BCUT2D eigenvalue weighted by Crippen LogP contribution is -2.15. The topological polar surface area (TPSA) is 77.6 Å². The standard InChI is InChI=1S/C19H16N6O/c1-14-11-15(25-13-20-12-22-25)7-8-16(14)19(26)23-17-5-2-3-6-18(17)24-10-4-9-21-24/h2-13H,1H3,(H,23,26). The lowest BCUT2D eigenvalue weighted by atomic mass is 10.1. The average molecular weight is 344 g/mol. The first-order valence-corrected chi connectivity index (χ1v) is 8.08. The van der Waals surface area contributed by atoms with Crippen LogP contribution in [0.3, 0.4) is 0 Å². The van der Waals surface area contributed by atoms with Crippen LogP contribution in [-0.4, -0.2) is 30.5 Å². The number of aryl methyl sites for hydroxylation is 1. The van der Waals surface area contributed by atoms with Crippen molar-refractivity contribution in [1.82, 2.24) is 24.5 Å². The third-order valence-corrected chi connectivity index (χ3v) is 4.04. The van der Waals surface area contributed by atoms with Gasteiger partial charge in [-0.05, 0) is 48.9 Å². The fraction of sp³-hybridized carbons (Fsp3) is 0.0526. The third-order valence-electron chi connectivity index (χ3n) is 4.04. The van der Waals surface area contributed by atoms with Crippen LogP contribution >= 0.6 is 0 Å². The van der Waals surface area contributed by atoms with E-state index in [1.54, 1.807) is 28.0 Å². The molecule has 0 saturated carbocycles. The number of rotatable bonds is 4. The van der Waals surface area contributed by atoms with Crippen molar-refractivity contribution < 1.29 is 4.79 Å². The molecule has 2 aromatic carbocycles. The number of amides is 1. The maximum absolute atomic E-state index is 12.8. The second-order valence-corrected chi connectivity index (χ2v) is 5.76. The van der Waals surface area contributed by atoms with E-state index in [4.69, 9.17) is 0 Å². The first-order chi connectivity index (χ1) is 12.7. The van der Waals surface area contributed by atoms with Gasteiger partial charge in [0.15, 0.2) is 0 Å². The number of aromatic nitrogens is 5. The van der Waals surface area contributed by atoms with Crippen molar-refractivity contribution in [3.8, 4) is 11.4 Å². The van der Waals surface area contributed by atoms with Crippen LogP contribution in [0.5, 0.6) is 0 Å². The van der Waals surface area contributed by atoms with Crippen molar-refractivity contribution in [1.29, 1.82) is 0 Å². The van der Waals surface area contributed by atoms with Gasteiger partial charge in [0.2, 0.25) is 0 Å². The lowest BCUT2D eigenvalue weighted by Gasteiger charge is -2.13. The fourth-order valence-corrected chi connectivity index (χ4v) is 2.77. The number of hydrogen-bond acceptors (Lipinski definition) is 4. The smallest absolute Gasteiger partial charge is 0.255 e. The Morgan fingerprint density at radius 1 is 1.04 bits per heavy atom. The maximum Gasteiger partial charge on any atom is 0.255 e. The molecule has 128 valence electrons. The normalized spacial score (nSPS) is 10.7. The summed E-state index contributed by atoms with van der Waals surface area (Å²) < 4.78 is 3.37. The van der Waals surface area contributed by atoms with Crippen LogP contribution in [-0.2, 0) is 0 Å². The molecule has 1 N–H and O–H groups in total. The third kappa shape index (κ3) is 2.98. The van der Waals surface area contributed by atoms with Crippen molar-refractivity contribution in [2.75, 3.05) is 5.32 Å². The molecule has 0 radical (unpaired) electrons. The molecule has 7 heteroatoms. The van der Waals surface area contributed by atoms with E-state index in [-0.39, 0.29) is 5.91 Å². The Hall–Kier alpha value is -3.74. The van der Waals surface area contributed by atoms with Gasteiger partial charge < -0.3 is 5.32 Å². The molecule has 0 atom stereocenters. The molecule has 26 heavy (non-hydrogen) atoms. The molecular formula is C19H16N6O. The van der Waals surface area contributed by atoms with Gasteiger partial charge in [-0.2, -0.15) is 10.2 Å². The van der Waals surface area contributed by atoms with Gasteiger partial charge in [0.05, 0.1) is 17.1 Å². The minimum atomic E-state index is -0.174. The first kappa shape index (κ1) is 15.8. The van der Waals surface area contributed by atoms with Gasteiger partial charge in [-0.15, -0.1) is 0 Å². The zero-order chi connectivity index (χ0) is 17.9. The van der Waals surface area contributed by atoms with Crippen LogP contribution < -0.4 is 5.32 Å². The van der Waals surface area contributed by atoms with E-state index in [0.717, 1.165) is 16.9 Å². The first-order valence-electron chi connectivity index (χ1n) is 8.08. The number of carbonyl (C=O) groups is 1. The summed E-state index contributed by atoms with van der Waals surface area (Å²) in [5, 5.41) is 11.3. The summed E-state index contributed by atoms with van der Waals surface area (Å²) in [5.41, 5.74) is 3.81. The molecule has 1 amide bonds. The van der Waals surface area contributed by atoms with Gasteiger partial charge in [0, 0.05) is 18.0 Å². The van der Waals surface area contributed by atoms with Crippen LogP contribution in [0.2, 0.25) is 0 Å². The molecule has 0 aliphatic carbocycles. The number of benzene rings is 2. The molecule has 0 spiro atoms. The van der Waals surface area contributed by atoms with E-state index in [0.29, 0.717) is 11.3 Å². The summed E-state index contributed by atoms with van der Waals surface area (Å²) >= 11 is 0. The number of nitrogens with zero attached hydrogens (tertiary/aromatic N) is 5. The monoisotopic (exact) mass is 344 g/mol. The minimum absolute atomic E-state index is 0.174. The molecule has 0 aliphatic heterocycles. The van der Waals surface area contributed by atoms with Gasteiger partial charge in [-0.25, -0.2) is 14.3 Å². The highest BCUT2D eigenvalue weighted by Gasteiger charge is 2.13. The van der Waals surface area contributed by atoms with Crippen molar-refractivity contribution in [2.24, 2.45) is 0 Å². The minimum Gasteiger partial charge on any atom is -0.320 e. The summed E-state index contributed by atoms with van der Waals surface area (Å²) in [7, 11) is 0. The highest BCUT2D eigenvalue weighted by atomic mass is 16.1. The quantitative estimate of drug-likeness (QED) is 0.617. The second-order valence-electron chi connectivity index (χ2n) is 5.76. The molecule has 0 saturated heterocycles. The molecule has 2 aromatic heterocycles. The Kier molecular flexibility index (Phi) is 4.03. The number of anilines is 1. The van der Waals surface area contributed by atoms with E-state index in [2.05, 4.69) is 20.5 Å². The van der Waals surface area contributed by atoms with Crippen LogP contribution in [0.4, 0.5) is 5.69 Å². The van der Waals surface area contributed by atoms with Crippen molar-refractivity contribution in [3.63, 3.8) is 0 Å². The number of hydrogen-bond donors (Lipinski definition) is 1. The Morgan fingerprint density at radius 3 is 2.65 bits per heavy atom. The van der Waals surface area contributed by atoms with E-state index >= 15 is 0 Å². The zero-order valence-corrected chi connectivity index (χ0v) is 14.1. The lowest BCUT2D eigenvalue weighted by molar-refractivity contribution is 0.102. The molecular weight excluding hydrogens is 328 g/mol. The molecule has 0 bridgehead atoms. The SMILES string of the molecule is Cc1cc(-n2cncn2)ccc1C(=O)Nc1ccccc1-n1cccn1. The van der Waals surface area contributed by atoms with Crippen LogP contribution in [0.25, 0.3) is 11.4 Å². The highest BCUT2D eigenvalue weighted by Crippen LogP contribution is 2.21. The van der Waals surface area contributed by atoms with E-state index in [9.17, 15) is 4.79 Å². The van der Waals surface area contributed by atoms with E-state index in [1.807, 2.05) is 55.6 Å². The zero-order valence-electron chi connectivity index (χ0n) is 14.1. The van der Waals surface area contributed by atoms with Gasteiger partial charge >= 0.3 is 0 Å². The predicted molar refractivity (Wildman–Crippen MR) is 97.6 cm³/mol. The molecule has 7 nitrogen and oxygen atoms in total. The summed E-state index contributed by atoms with van der Waals surface area (Å²) in [4.78, 5) is 16.7. The Bertz CT molecular complexity index is 1040. The summed E-state index contributed by atoms with van der Waals surface area (Å²) in [5.74, 6) is -0.174. The van der Waals surface area contributed by atoms with Crippen LogP contribution in [0, 0.1) is 6.92 Å². The van der Waals surface area contributed by atoms with Crippen LogP contribution in [0.1, 0.15) is 15.9 Å². The Labute approximate surface area is 149 Å². The van der Waals surface area contributed by atoms with Gasteiger partial charge in [0.1, 0.15) is 12.7 Å². The van der Waals surface area contributed by atoms with Gasteiger partial charge in [0.25, 0.3) is 5.91 Å². The van der Waals surface area contributed by atoms with E-state index < -0.39 is 0 Å². The molecule has 0 unspecified atom stereocenters.